The van der Waals surface area contributed by atoms with Crippen molar-refractivity contribution in [3.05, 3.63) is 64.7 Å². The zero-order valence-corrected chi connectivity index (χ0v) is 17.2. The molecule has 2 amide bonds. The summed E-state index contributed by atoms with van der Waals surface area (Å²) in [4.78, 5) is 26.8. The molecule has 1 aliphatic heterocycles. The average molecular weight is 400 g/mol. The molecule has 2 aromatic rings. The maximum Gasteiger partial charge on any atom is 0.226 e. The molecular weight excluding hydrogens is 374 g/mol. The maximum atomic E-state index is 12.9. The summed E-state index contributed by atoms with van der Waals surface area (Å²) < 4.78 is 0. The lowest BCUT2D eigenvalue weighted by Crippen LogP contribution is -2.34. The van der Waals surface area contributed by atoms with E-state index in [9.17, 15) is 9.59 Å². The molecule has 1 aliphatic rings. The van der Waals surface area contributed by atoms with E-state index in [0.717, 1.165) is 16.8 Å². The van der Waals surface area contributed by atoms with Gasteiger partial charge in [-0.25, -0.2) is 0 Å². The van der Waals surface area contributed by atoms with Gasteiger partial charge >= 0.3 is 0 Å². The Kier molecular flexibility index (Phi) is 6.25. The molecule has 6 heteroatoms. The molecule has 2 N–H and O–H groups in total. The number of amides is 2. The second kappa shape index (κ2) is 8.65. The van der Waals surface area contributed by atoms with Crippen LogP contribution in [0.3, 0.4) is 0 Å². The van der Waals surface area contributed by atoms with Crippen molar-refractivity contribution in [2.45, 2.75) is 38.9 Å². The van der Waals surface area contributed by atoms with Crippen LogP contribution in [0.2, 0.25) is 5.02 Å². The van der Waals surface area contributed by atoms with E-state index in [1.807, 2.05) is 42.5 Å². The van der Waals surface area contributed by atoms with Crippen LogP contribution >= 0.6 is 11.6 Å². The third kappa shape index (κ3) is 4.65. The number of nitrogens with zero attached hydrogens (tertiary/aromatic N) is 1. The van der Waals surface area contributed by atoms with E-state index in [1.54, 1.807) is 18.0 Å². The number of carbonyl (C=O) groups excluding carboxylic acids is 2. The molecule has 0 radical (unpaired) electrons. The minimum atomic E-state index is -0.437. The third-order valence-electron chi connectivity index (χ3n) is 4.96. The number of anilines is 1. The molecule has 2 atom stereocenters. The van der Waals surface area contributed by atoms with Crippen molar-refractivity contribution < 1.29 is 9.59 Å². The van der Waals surface area contributed by atoms with Gasteiger partial charge < -0.3 is 15.5 Å². The number of nitrogens with one attached hydrogen (secondary N) is 2. The third-order valence-corrected chi connectivity index (χ3v) is 5.20. The maximum absolute atomic E-state index is 12.9. The highest BCUT2D eigenvalue weighted by atomic mass is 35.5. The van der Waals surface area contributed by atoms with Crippen LogP contribution < -0.4 is 10.6 Å². The van der Waals surface area contributed by atoms with Crippen LogP contribution in [-0.4, -0.2) is 29.8 Å². The molecule has 148 valence electrons. The molecule has 0 spiro atoms. The number of benzene rings is 2. The highest BCUT2D eigenvalue weighted by Gasteiger charge is 2.42. The van der Waals surface area contributed by atoms with Crippen molar-refractivity contribution in [2.24, 2.45) is 5.92 Å². The quantitative estimate of drug-likeness (QED) is 0.771. The average Bonchev–Trinajstić information content (AvgIpc) is 2.94. The Morgan fingerprint density at radius 2 is 1.96 bits per heavy atom. The fourth-order valence-electron chi connectivity index (χ4n) is 3.68. The Morgan fingerprint density at radius 3 is 2.68 bits per heavy atom. The van der Waals surface area contributed by atoms with Crippen LogP contribution in [0.25, 0.3) is 0 Å². The smallest absolute Gasteiger partial charge is 0.226 e. The van der Waals surface area contributed by atoms with E-state index in [-0.39, 0.29) is 24.3 Å². The Bertz CT molecular complexity index is 868. The second-order valence-corrected chi connectivity index (χ2v) is 7.97. The SMILES string of the molecule is CC(C)Nc1cccc(CNC(=O)C2CC(=O)N(C)C2c2cccc(Cl)c2)c1. The van der Waals surface area contributed by atoms with Crippen molar-refractivity contribution in [1.82, 2.24) is 10.2 Å². The number of rotatable bonds is 6. The van der Waals surface area contributed by atoms with E-state index < -0.39 is 5.92 Å². The summed E-state index contributed by atoms with van der Waals surface area (Å²) in [6.45, 7) is 4.58. The predicted octanol–water partition coefficient (Wildman–Crippen LogP) is 4.00. The summed E-state index contributed by atoms with van der Waals surface area (Å²) in [6, 6.07) is 15.4. The molecule has 1 fully saturated rings. The van der Waals surface area contributed by atoms with Crippen molar-refractivity contribution in [3.63, 3.8) is 0 Å². The lowest BCUT2D eigenvalue weighted by molar-refractivity contribution is -0.128. The van der Waals surface area contributed by atoms with Crippen molar-refractivity contribution in [2.75, 3.05) is 12.4 Å². The van der Waals surface area contributed by atoms with E-state index in [4.69, 9.17) is 11.6 Å². The Balaban J connectivity index is 1.71. The van der Waals surface area contributed by atoms with Gasteiger partial charge in [0.25, 0.3) is 0 Å². The van der Waals surface area contributed by atoms with Crippen molar-refractivity contribution >= 4 is 29.1 Å². The Morgan fingerprint density at radius 1 is 1.21 bits per heavy atom. The fourth-order valence-corrected chi connectivity index (χ4v) is 3.87. The molecular formula is C22H26ClN3O2. The number of halogens is 1. The molecule has 0 saturated carbocycles. The van der Waals surface area contributed by atoms with Gasteiger partial charge in [0.2, 0.25) is 11.8 Å². The monoisotopic (exact) mass is 399 g/mol. The van der Waals surface area contributed by atoms with E-state index in [1.165, 1.54) is 0 Å². The Hall–Kier alpha value is -2.53. The first-order valence-corrected chi connectivity index (χ1v) is 9.87. The zero-order chi connectivity index (χ0) is 20.3. The highest BCUT2D eigenvalue weighted by Crippen LogP contribution is 2.37. The molecule has 28 heavy (non-hydrogen) atoms. The lowest BCUT2D eigenvalue weighted by atomic mass is 9.93. The van der Waals surface area contributed by atoms with Crippen LogP contribution in [0.5, 0.6) is 0 Å². The topological polar surface area (TPSA) is 61.4 Å². The van der Waals surface area contributed by atoms with Crippen LogP contribution in [0.4, 0.5) is 5.69 Å². The van der Waals surface area contributed by atoms with Crippen molar-refractivity contribution in [3.8, 4) is 0 Å². The fraction of sp³-hybridized carbons (Fsp3) is 0.364. The van der Waals surface area contributed by atoms with Gasteiger partial charge in [-0.05, 0) is 49.2 Å². The van der Waals surface area contributed by atoms with Gasteiger partial charge in [-0.1, -0.05) is 35.9 Å². The molecule has 1 heterocycles. The molecule has 1 saturated heterocycles. The van der Waals surface area contributed by atoms with Gasteiger partial charge in [-0.3, -0.25) is 9.59 Å². The molecule has 3 rings (SSSR count). The molecule has 0 aromatic heterocycles. The molecule has 2 aromatic carbocycles. The van der Waals surface area contributed by atoms with Crippen molar-refractivity contribution in [1.29, 1.82) is 0 Å². The van der Waals surface area contributed by atoms with Gasteiger partial charge in [0.05, 0.1) is 12.0 Å². The first-order chi connectivity index (χ1) is 13.3. The van der Waals surface area contributed by atoms with Crippen LogP contribution in [0.1, 0.15) is 37.4 Å². The minimum absolute atomic E-state index is 0.0340. The minimum Gasteiger partial charge on any atom is -0.383 e. The van der Waals surface area contributed by atoms with Gasteiger partial charge in [0.15, 0.2) is 0 Å². The summed E-state index contributed by atoms with van der Waals surface area (Å²) in [5.74, 6) is -0.592. The molecule has 2 unspecified atom stereocenters. The summed E-state index contributed by atoms with van der Waals surface area (Å²) >= 11 is 6.12. The van der Waals surface area contributed by atoms with Crippen LogP contribution in [0.15, 0.2) is 48.5 Å². The van der Waals surface area contributed by atoms with E-state index in [0.29, 0.717) is 17.6 Å². The number of hydrogen-bond acceptors (Lipinski definition) is 3. The number of likely N-dealkylation sites (tertiary alicyclic amines) is 1. The number of carbonyl (C=O) groups is 2. The first-order valence-electron chi connectivity index (χ1n) is 9.49. The molecule has 0 bridgehead atoms. The summed E-state index contributed by atoms with van der Waals surface area (Å²) in [5, 5.41) is 6.95. The first kappa shape index (κ1) is 20.2. The zero-order valence-electron chi connectivity index (χ0n) is 16.4. The van der Waals surface area contributed by atoms with E-state index >= 15 is 0 Å². The van der Waals surface area contributed by atoms with Crippen LogP contribution in [0, 0.1) is 5.92 Å². The van der Waals surface area contributed by atoms with Gasteiger partial charge in [-0.15, -0.1) is 0 Å². The normalized spacial score (nSPS) is 19.2. The standard InChI is InChI=1S/C22H26ClN3O2/c1-14(2)25-18-9-4-6-15(10-18)13-24-22(28)19-12-20(27)26(3)21(19)16-7-5-8-17(23)11-16/h4-11,14,19,21,25H,12-13H2,1-3H3,(H,24,28). The lowest BCUT2D eigenvalue weighted by Gasteiger charge is -2.25. The summed E-state index contributed by atoms with van der Waals surface area (Å²) in [7, 11) is 1.74. The summed E-state index contributed by atoms with van der Waals surface area (Å²) in [5.41, 5.74) is 2.91. The number of hydrogen-bond donors (Lipinski definition) is 2. The molecule has 5 nitrogen and oxygen atoms in total. The van der Waals surface area contributed by atoms with Gasteiger partial charge in [0, 0.05) is 36.8 Å². The largest absolute Gasteiger partial charge is 0.383 e. The van der Waals surface area contributed by atoms with E-state index in [2.05, 4.69) is 24.5 Å². The highest BCUT2D eigenvalue weighted by molar-refractivity contribution is 6.30. The molecule has 0 aliphatic carbocycles. The second-order valence-electron chi connectivity index (χ2n) is 7.53. The summed E-state index contributed by atoms with van der Waals surface area (Å²) in [6.07, 6.45) is 0.203. The van der Waals surface area contributed by atoms with Gasteiger partial charge in [-0.2, -0.15) is 0 Å². The Labute approximate surface area is 171 Å². The van der Waals surface area contributed by atoms with Crippen LogP contribution in [-0.2, 0) is 16.1 Å². The predicted molar refractivity (Wildman–Crippen MR) is 112 cm³/mol. The van der Waals surface area contributed by atoms with Gasteiger partial charge in [0.1, 0.15) is 0 Å².